The van der Waals surface area contributed by atoms with Gasteiger partial charge in [-0.15, -0.1) is 0 Å². The Morgan fingerprint density at radius 1 is 1.44 bits per heavy atom. The number of amides is 1. The van der Waals surface area contributed by atoms with Crippen LogP contribution in [0.15, 0.2) is 18.2 Å². The maximum absolute atomic E-state index is 13.2. The molecule has 1 saturated heterocycles. The summed E-state index contributed by atoms with van der Waals surface area (Å²) in [7, 11) is 0. The minimum Gasteiger partial charge on any atom is -0.357 e. The molecular formula is C12H13FN2O. The number of carbonyl (C=O) groups excluding carboxylic acids is 1. The molecule has 4 heteroatoms. The van der Waals surface area contributed by atoms with Crippen LogP contribution < -0.4 is 10.2 Å². The van der Waals surface area contributed by atoms with Gasteiger partial charge >= 0.3 is 0 Å². The first kappa shape index (κ1) is 9.63. The molecule has 0 spiro atoms. The molecule has 0 bridgehead atoms. The molecule has 2 heterocycles. The van der Waals surface area contributed by atoms with Gasteiger partial charge in [-0.1, -0.05) is 6.07 Å². The van der Waals surface area contributed by atoms with E-state index < -0.39 is 0 Å². The van der Waals surface area contributed by atoms with E-state index in [1.807, 2.05) is 11.0 Å². The van der Waals surface area contributed by atoms with Crippen molar-refractivity contribution in [3.8, 4) is 0 Å². The van der Waals surface area contributed by atoms with Crippen LogP contribution >= 0.6 is 0 Å². The van der Waals surface area contributed by atoms with E-state index in [0.29, 0.717) is 6.54 Å². The number of carbonyl (C=O) groups is 1. The molecule has 1 amide bonds. The maximum atomic E-state index is 13.2. The molecule has 3 rings (SSSR count). The zero-order chi connectivity index (χ0) is 11.1. The van der Waals surface area contributed by atoms with Crippen molar-refractivity contribution < 1.29 is 9.18 Å². The average molecular weight is 220 g/mol. The topological polar surface area (TPSA) is 32.3 Å². The zero-order valence-corrected chi connectivity index (χ0v) is 8.87. The second-order valence-electron chi connectivity index (χ2n) is 4.31. The van der Waals surface area contributed by atoms with E-state index in [-0.39, 0.29) is 17.8 Å². The monoisotopic (exact) mass is 220 g/mol. The molecule has 0 saturated carbocycles. The third-order valence-electron chi connectivity index (χ3n) is 3.37. The number of aryl methyl sites for hydroxylation is 1. The van der Waals surface area contributed by atoms with Crippen molar-refractivity contribution in [1.82, 2.24) is 5.32 Å². The number of hydrogen-bond acceptors (Lipinski definition) is 2. The smallest absolute Gasteiger partial charge is 0.242 e. The van der Waals surface area contributed by atoms with Crippen molar-refractivity contribution >= 4 is 11.6 Å². The Morgan fingerprint density at radius 3 is 3.19 bits per heavy atom. The summed E-state index contributed by atoms with van der Waals surface area (Å²) in [5, 5.41) is 2.85. The van der Waals surface area contributed by atoms with Crippen molar-refractivity contribution in [3.05, 3.63) is 29.6 Å². The van der Waals surface area contributed by atoms with Crippen LogP contribution in [0.2, 0.25) is 0 Å². The van der Waals surface area contributed by atoms with Gasteiger partial charge in [-0.3, -0.25) is 4.79 Å². The molecule has 2 aliphatic heterocycles. The standard InChI is InChI=1S/C12H13FN2O/c13-9-3-1-8-2-4-10-12(16)14-5-6-15(10)11(8)7-9/h1,3,7,10H,2,4-6H2,(H,14,16). The molecule has 1 unspecified atom stereocenters. The van der Waals surface area contributed by atoms with Crippen LogP contribution in [0.25, 0.3) is 0 Å². The van der Waals surface area contributed by atoms with Crippen LogP contribution in [0, 0.1) is 5.82 Å². The van der Waals surface area contributed by atoms with Crippen LogP contribution in [-0.2, 0) is 11.2 Å². The molecule has 0 aromatic heterocycles. The molecule has 0 radical (unpaired) electrons. The second kappa shape index (κ2) is 3.47. The minimum atomic E-state index is -0.231. The Bertz CT molecular complexity index is 447. The van der Waals surface area contributed by atoms with Crippen molar-refractivity contribution in [1.29, 1.82) is 0 Å². The molecular weight excluding hydrogens is 207 g/mol. The third kappa shape index (κ3) is 1.37. The van der Waals surface area contributed by atoms with Crippen LogP contribution in [0.5, 0.6) is 0 Å². The molecule has 16 heavy (non-hydrogen) atoms. The highest BCUT2D eigenvalue weighted by atomic mass is 19.1. The molecule has 1 aromatic carbocycles. The first-order valence-electron chi connectivity index (χ1n) is 5.58. The van der Waals surface area contributed by atoms with Gasteiger partial charge in [-0.05, 0) is 30.5 Å². The van der Waals surface area contributed by atoms with Gasteiger partial charge in [-0.2, -0.15) is 0 Å². The molecule has 1 N–H and O–H groups in total. The summed E-state index contributed by atoms with van der Waals surface area (Å²) in [6, 6.07) is 4.75. The van der Waals surface area contributed by atoms with E-state index in [9.17, 15) is 9.18 Å². The molecule has 1 aromatic rings. The van der Waals surface area contributed by atoms with Crippen molar-refractivity contribution in [2.24, 2.45) is 0 Å². The van der Waals surface area contributed by atoms with Crippen LogP contribution in [0.3, 0.4) is 0 Å². The van der Waals surface area contributed by atoms with Crippen molar-refractivity contribution in [2.45, 2.75) is 18.9 Å². The number of piperazine rings is 1. The van der Waals surface area contributed by atoms with E-state index in [4.69, 9.17) is 0 Å². The molecule has 3 nitrogen and oxygen atoms in total. The maximum Gasteiger partial charge on any atom is 0.242 e. The summed E-state index contributed by atoms with van der Waals surface area (Å²) in [4.78, 5) is 13.7. The number of fused-ring (bicyclic) bond motifs is 3. The van der Waals surface area contributed by atoms with Crippen molar-refractivity contribution in [3.63, 3.8) is 0 Å². The lowest BCUT2D eigenvalue weighted by atomic mass is 9.94. The van der Waals surface area contributed by atoms with E-state index in [1.54, 1.807) is 6.07 Å². The van der Waals surface area contributed by atoms with E-state index in [0.717, 1.165) is 30.6 Å². The second-order valence-corrected chi connectivity index (χ2v) is 4.31. The van der Waals surface area contributed by atoms with Crippen LogP contribution in [0.4, 0.5) is 10.1 Å². The summed E-state index contributed by atoms with van der Waals surface area (Å²) in [6.45, 7) is 1.41. The Kier molecular flexibility index (Phi) is 2.09. The predicted molar refractivity (Wildman–Crippen MR) is 58.9 cm³/mol. The minimum absolute atomic E-state index is 0.0705. The van der Waals surface area contributed by atoms with Gasteiger partial charge in [0.2, 0.25) is 5.91 Å². The number of rotatable bonds is 0. The van der Waals surface area contributed by atoms with Gasteiger partial charge in [0.05, 0.1) is 0 Å². The molecule has 1 atom stereocenters. The fourth-order valence-electron chi connectivity index (χ4n) is 2.60. The summed E-state index contributed by atoms with van der Waals surface area (Å²) in [6.07, 6.45) is 1.68. The van der Waals surface area contributed by atoms with Gasteiger partial charge in [-0.25, -0.2) is 4.39 Å². The SMILES string of the molecule is O=C1NCCN2c3cc(F)ccc3CCC12. The average Bonchev–Trinajstić information content (AvgIpc) is 2.29. The Balaban J connectivity index is 2.04. The van der Waals surface area contributed by atoms with Gasteiger partial charge in [0.15, 0.2) is 0 Å². The lowest BCUT2D eigenvalue weighted by molar-refractivity contribution is -0.123. The molecule has 0 aliphatic carbocycles. The Hall–Kier alpha value is -1.58. The first-order chi connectivity index (χ1) is 7.75. The lowest BCUT2D eigenvalue weighted by Crippen LogP contribution is -2.57. The van der Waals surface area contributed by atoms with Gasteiger partial charge in [0.1, 0.15) is 11.9 Å². The quantitative estimate of drug-likeness (QED) is 0.709. The number of nitrogens with one attached hydrogen (secondary N) is 1. The van der Waals surface area contributed by atoms with Crippen molar-refractivity contribution in [2.75, 3.05) is 18.0 Å². The fraction of sp³-hybridized carbons (Fsp3) is 0.417. The Labute approximate surface area is 93.2 Å². The molecule has 1 fully saturated rings. The molecule has 2 aliphatic rings. The van der Waals surface area contributed by atoms with Crippen LogP contribution in [0.1, 0.15) is 12.0 Å². The van der Waals surface area contributed by atoms with Gasteiger partial charge in [0.25, 0.3) is 0 Å². The molecule has 84 valence electrons. The summed E-state index contributed by atoms with van der Waals surface area (Å²) in [5.74, 6) is -0.161. The summed E-state index contributed by atoms with van der Waals surface area (Å²) >= 11 is 0. The fourth-order valence-corrected chi connectivity index (χ4v) is 2.60. The largest absolute Gasteiger partial charge is 0.357 e. The highest BCUT2D eigenvalue weighted by Crippen LogP contribution is 2.32. The Morgan fingerprint density at radius 2 is 2.31 bits per heavy atom. The van der Waals surface area contributed by atoms with E-state index in [2.05, 4.69) is 5.32 Å². The predicted octanol–water partition coefficient (Wildman–Crippen LogP) is 1.08. The summed E-state index contributed by atoms with van der Waals surface area (Å²) in [5.41, 5.74) is 2.04. The normalized spacial score (nSPS) is 23.4. The number of anilines is 1. The number of hydrogen-bond donors (Lipinski definition) is 1. The van der Waals surface area contributed by atoms with E-state index >= 15 is 0 Å². The number of halogens is 1. The number of benzene rings is 1. The number of nitrogens with zero attached hydrogens (tertiary/aromatic N) is 1. The summed E-state index contributed by atoms with van der Waals surface area (Å²) < 4.78 is 13.2. The lowest BCUT2D eigenvalue weighted by Gasteiger charge is -2.41. The van der Waals surface area contributed by atoms with Crippen LogP contribution in [-0.4, -0.2) is 25.0 Å². The van der Waals surface area contributed by atoms with E-state index in [1.165, 1.54) is 6.07 Å². The third-order valence-corrected chi connectivity index (χ3v) is 3.37. The van der Waals surface area contributed by atoms with Gasteiger partial charge < -0.3 is 10.2 Å². The highest BCUT2D eigenvalue weighted by Gasteiger charge is 2.33. The zero-order valence-electron chi connectivity index (χ0n) is 8.87. The highest BCUT2D eigenvalue weighted by molar-refractivity contribution is 5.87. The van der Waals surface area contributed by atoms with Gasteiger partial charge in [0, 0.05) is 18.8 Å². The first-order valence-corrected chi connectivity index (χ1v) is 5.58.